The molecule has 1 aromatic carbocycles. The Kier molecular flexibility index (Phi) is 3.91. The number of hydrogen-bond donors (Lipinski definition) is 2. The van der Waals surface area contributed by atoms with E-state index in [1.165, 1.54) is 0 Å². The van der Waals surface area contributed by atoms with Gasteiger partial charge in [0.05, 0.1) is 36.5 Å². The van der Waals surface area contributed by atoms with Gasteiger partial charge in [-0.15, -0.1) is 0 Å². The Morgan fingerprint density at radius 3 is 1.50 bits per heavy atom. The van der Waals surface area contributed by atoms with E-state index in [9.17, 15) is 0 Å². The molecule has 6 heteroatoms. The van der Waals surface area contributed by atoms with Gasteiger partial charge in [0.2, 0.25) is 0 Å². The largest absolute Gasteiger partial charge is 0.348 e. The lowest BCUT2D eigenvalue weighted by Crippen LogP contribution is -1.84. The zero-order valence-corrected chi connectivity index (χ0v) is 12.4. The Morgan fingerprint density at radius 2 is 1.18 bits per heavy atom. The van der Waals surface area contributed by atoms with Crippen LogP contribution in [0.3, 0.4) is 0 Å². The van der Waals surface area contributed by atoms with Gasteiger partial charge in [0.15, 0.2) is 0 Å². The van der Waals surface area contributed by atoms with Crippen LogP contribution in [0.5, 0.6) is 0 Å². The third-order valence-electron chi connectivity index (χ3n) is 3.26. The second-order valence-corrected chi connectivity index (χ2v) is 4.86. The normalized spacial score (nSPS) is 11.7. The Labute approximate surface area is 128 Å². The molecule has 3 aromatic rings. The average molecular weight is 292 g/mol. The van der Waals surface area contributed by atoms with Crippen molar-refractivity contribution in [1.29, 1.82) is 0 Å². The van der Waals surface area contributed by atoms with Gasteiger partial charge in [-0.2, -0.15) is 0 Å². The van der Waals surface area contributed by atoms with Crippen molar-refractivity contribution in [3.05, 3.63) is 59.7 Å². The Bertz CT molecular complexity index is 738. The van der Waals surface area contributed by atoms with Gasteiger partial charge in [0.1, 0.15) is 11.4 Å². The Hall–Kier alpha value is -3.02. The van der Waals surface area contributed by atoms with Gasteiger partial charge in [-0.25, -0.2) is 9.97 Å². The number of aromatic nitrogens is 4. The van der Waals surface area contributed by atoms with Gasteiger partial charge in [-0.3, -0.25) is 9.98 Å². The van der Waals surface area contributed by atoms with Gasteiger partial charge in [0, 0.05) is 11.4 Å². The average Bonchev–Trinajstić information content (AvgIpc) is 3.12. The van der Waals surface area contributed by atoms with E-state index in [1.807, 2.05) is 38.1 Å². The van der Waals surface area contributed by atoms with E-state index in [0.717, 1.165) is 34.2 Å². The molecule has 0 aliphatic rings. The molecule has 0 radical (unpaired) electrons. The zero-order valence-electron chi connectivity index (χ0n) is 12.4. The molecule has 0 amide bonds. The molecule has 0 unspecified atom stereocenters. The monoisotopic (exact) mass is 292 g/mol. The second-order valence-electron chi connectivity index (χ2n) is 4.86. The first-order valence-corrected chi connectivity index (χ1v) is 6.90. The van der Waals surface area contributed by atoms with E-state index in [4.69, 9.17) is 0 Å². The molecule has 0 atom stereocenters. The topological polar surface area (TPSA) is 82.1 Å². The van der Waals surface area contributed by atoms with Crippen molar-refractivity contribution in [2.75, 3.05) is 0 Å². The first kappa shape index (κ1) is 13.9. The highest BCUT2D eigenvalue weighted by molar-refractivity contribution is 5.82. The van der Waals surface area contributed by atoms with E-state index in [1.54, 1.807) is 25.1 Å². The number of nitrogens with one attached hydrogen (secondary N) is 2. The van der Waals surface area contributed by atoms with E-state index in [-0.39, 0.29) is 0 Å². The molecule has 2 N–H and O–H groups in total. The zero-order chi connectivity index (χ0) is 15.4. The summed E-state index contributed by atoms with van der Waals surface area (Å²) in [6.07, 6.45) is 6.81. The number of nitrogens with zero attached hydrogens (tertiary/aromatic N) is 4. The molecule has 0 bridgehead atoms. The smallest absolute Gasteiger partial charge is 0.102 e. The third kappa shape index (κ3) is 3.17. The summed E-state index contributed by atoms with van der Waals surface area (Å²) in [5.41, 5.74) is 5.40. The fraction of sp³-hybridized carbons (Fsp3) is 0.125. The van der Waals surface area contributed by atoms with Crippen LogP contribution in [0.4, 0.5) is 11.4 Å². The van der Waals surface area contributed by atoms with Crippen LogP contribution < -0.4 is 0 Å². The Morgan fingerprint density at radius 1 is 0.773 bits per heavy atom. The third-order valence-corrected chi connectivity index (χ3v) is 3.26. The van der Waals surface area contributed by atoms with Gasteiger partial charge in [-0.1, -0.05) is 0 Å². The van der Waals surface area contributed by atoms with E-state index < -0.39 is 0 Å². The molecular weight excluding hydrogens is 276 g/mol. The molecule has 0 saturated carbocycles. The number of imidazole rings is 2. The predicted octanol–water partition coefficient (Wildman–Crippen LogP) is 3.25. The Balaban J connectivity index is 1.70. The standard InChI is InChI=1S/C16H16N6/c1-11-15(21-9-19-11)7-17-13-3-5-14(6-4-13)18-8-16-12(2)20-10-22-16/h3-10H,1-2H3,(H,19,21)(H,20,22). The van der Waals surface area contributed by atoms with Crippen molar-refractivity contribution in [2.24, 2.45) is 9.98 Å². The highest BCUT2D eigenvalue weighted by Crippen LogP contribution is 2.18. The first-order valence-electron chi connectivity index (χ1n) is 6.90. The molecule has 2 aromatic heterocycles. The maximum atomic E-state index is 4.40. The maximum absolute atomic E-state index is 4.40. The van der Waals surface area contributed by atoms with Crippen LogP contribution in [0.1, 0.15) is 22.8 Å². The summed E-state index contributed by atoms with van der Waals surface area (Å²) < 4.78 is 0. The van der Waals surface area contributed by atoms with Gasteiger partial charge >= 0.3 is 0 Å². The van der Waals surface area contributed by atoms with Crippen molar-refractivity contribution >= 4 is 23.8 Å². The van der Waals surface area contributed by atoms with Crippen LogP contribution in [0.2, 0.25) is 0 Å². The lowest BCUT2D eigenvalue weighted by atomic mass is 10.3. The summed E-state index contributed by atoms with van der Waals surface area (Å²) >= 11 is 0. The first-order chi connectivity index (χ1) is 10.7. The van der Waals surface area contributed by atoms with Gasteiger partial charge in [-0.05, 0) is 38.1 Å². The molecule has 0 aliphatic carbocycles. The predicted molar refractivity (Wildman–Crippen MR) is 87.6 cm³/mol. The molecule has 2 heterocycles. The molecule has 3 rings (SSSR count). The number of benzene rings is 1. The fourth-order valence-corrected chi connectivity index (χ4v) is 1.90. The summed E-state index contributed by atoms with van der Waals surface area (Å²) in [6.45, 7) is 3.92. The van der Waals surface area contributed by atoms with Crippen LogP contribution in [0, 0.1) is 13.8 Å². The molecule has 6 nitrogen and oxygen atoms in total. The molecule has 22 heavy (non-hydrogen) atoms. The van der Waals surface area contributed by atoms with Crippen LogP contribution in [0.15, 0.2) is 46.9 Å². The van der Waals surface area contributed by atoms with Crippen molar-refractivity contribution in [3.8, 4) is 0 Å². The lowest BCUT2D eigenvalue weighted by molar-refractivity contribution is 1.25. The van der Waals surface area contributed by atoms with E-state index >= 15 is 0 Å². The van der Waals surface area contributed by atoms with Crippen LogP contribution in [-0.2, 0) is 0 Å². The minimum Gasteiger partial charge on any atom is -0.348 e. The number of hydrogen-bond acceptors (Lipinski definition) is 4. The van der Waals surface area contributed by atoms with Crippen molar-refractivity contribution in [2.45, 2.75) is 13.8 Å². The summed E-state index contributed by atoms with van der Waals surface area (Å²) in [5, 5.41) is 0. The molecule has 0 aliphatic heterocycles. The quantitative estimate of drug-likeness (QED) is 0.724. The van der Waals surface area contributed by atoms with Crippen molar-refractivity contribution in [3.63, 3.8) is 0 Å². The number of aliphatic imine (C=N–C) groups is 2. The van der Waals surface area contributed by atoms with Crippen molar-refractivity contribution in [1.82, 2.24) is 19.9 Å². The highest BCUT2D eigenvalue weighted by atomic mass is 14.9. The fourth-order valence-electron chi connectivity index (χ4n) is 1.90. The maximum Gasteiger partial charge on any atom is 0.102 e. The SMILES string of the molecule is Cc1[nH]cnc1C=Nc1ccc(N=Cc2nc[nH]c2C)cc1. The minimum absolute atomic E-state index is 0.844. The number of H-pyrrole nitrogens is 2. The van der Waals surface area contributed by atoms with Crippen LogP contribution in [-0.4, -0.2) is 32.4 Å². The van der Waals surface area contributed by atoms with E-state index in [2.05, 4.69) is 29.9 Å². The molecule has 0 saturated heterocycles. The number of rotatable bonds is 4. The number of aromatic amines is 2. The minimum atomic E-state index is 0.844. The lowest BCUT2D eigenvalue weighted by Gasteiger charge is -1.96. The van der Waals surface area contributed by atoms with Crippen LogP contribution >= 0.6 is 0 Å². The van der Waals surface area contributed by atoms with Crippen molar-refractivity contribution < 1.29 is 0 Å². The summed E-state index contributed by atoms with van der Waals surface area (Å²) in [4.78, 5) is 23.2. The molecule has 0 spiro atoms. The van der Waals surface area contributed by atoms with Gasteiger partial charge in [0.25, 0.3) is 0 Å². The summed E-state index contributed by atoms with van der Waals surface area (Å²) in [7, 11) is 0. The molecule has 110 valence electrons. The second kappa shape index (κ2) is 6.17. The van der Waals surface area contributed by atoms with Gasteiger partial charge < -0.3 is 9.97 Å². The number of aryl methyl sites for hydroxylation is 2. The van der Waals surface area contributed by atoms with Crippen LogP contribution in [0.25, 0.3) is 0 Å². The van der Waals surface area contributed by atoms with E-state index in [0.29, 0.717) is 0 Å². The summed E-state index contributed by atoms with van der Waals surface area (Å²) in [6, 6.07) is 7.68. The highest BCUT2D eigenvalue weighted by Gasteiger charge is 1.98. The molecular formula is C16H16N6. The molecule has 0 fully saturated rings. The summed E-state index contributed by atoms with van der Waals surface area (Å²) in [5.74, 6) is 0.